The number of alkyl halides is 3. The molecule has 1 fully saturated rings. The van der Waals surface area contributed by atoms with E-state index >= 15 is 0 Å². The van der Waals surface area contributed by atoms with E-state index in [1.807, 2.05) is 0 Å². The Hall–Kier alpha value is -0.860. The van der Waals surface area contributed by atoms with Gasteiger partial charge in [-0.3, -0.25) is 4.79 Å². The molecule has 1 aliphatic heterocycles. The summed E-state index contributed by atoms with van der Waals surface area (Å²) in [6, 6.07) is 0. The molecule has 0 aliphatic carbocycles. The van der Waals surface area contributed by atoms with Crippen LogP contribution in [0.5, 0.6) is 0 Å². The molecular formula is C10H16F3NO4. The van der Waals surface area contributed by atoms with E-state index in [0.29, 0.717) is 19.5 Å². The summed E-state index contributed by atoms with van der Waals surface area (Å²) in [6.45, 7) is -0.539. The van der Waals surface area contributed by atoms with E-state index in [-0.39, 0.29) is 19.3 Å². The Bertz CT molecular complexity index is 272. The monoisotopic (exact) mass is 271 g/mol. The Kier molecular flexibility index (Phi) is 5.83. The lowest BCUT2D eigenvalue weighted by molar-refractivity contribution is -0.178. The summed E-state index contributed by atoms with van der Waals surface area (Å²) >= 11 is 0. The Morgan fingerprint density at radius 3 is 2.67 bits per heavy atom. The van der Waals surface area contributed by atoms with Crippen LogP contribution < -0.4 is 5.32 Å². The van der Waals surface area contributed by atoms with Crippen LogP contribution in [0.2, 0.25) is 0 Å². The largest absolute Gasteiger partial charge is 0.481 e. The lowest BCUT2D eigenvalue weighted by atomic mass is 9.98. The molecule has 1 saturated heterocycles. The summed E-state index contributed by atoms with van der Waals surface area (Å²) in [5.41, 5.74) is 0. The number of carbonyl (C=O) groups is 1. The highest BCUT2D eigenvalue weighted by atomic mass is 19.4. The Morgan fingerprint density at radius 1 is 1.33 bits per heavy atom. The van der Waals surface area contributed by atoms with E-state index in [2.05, 4.69) is 10.1 Å². The quantitative estimate of drug-likeness (QED) is 0.694. The van der Waals surface area contributed by atoms with Gasteiger partial charge in [0, 0.05) is 13.1 Å². The third-order valence-electron chi connectivity index (χ3n) is 2.51. The lowest BCUT2D eigenvalue weighted by Gasteiger charge is -2.27. The second kappa shape index (κ2) is 6.91. The number of halogens is 3. The fourth-order valence-corrected chi connectivity index (χ4v) is 1.68. The van der Waals surface area contributed by atoms with Gasteiger partial charge >= 0.3 is 12.1 Å². The molecule has 8 heteroatoms. The maximum Gasteiger partial charge on any atom is 0.411 e. The topological polar surface area (TPSA) is 67.8 Å². The van der Waals surface area contributed by atoms with Gasteiger partial charge in [-0.2, -0.15) is 13.2 Å². The molecule has 5 nitrogen and oxygen atoms in total. The molecular weight excluding hydrogens is 255 g/mol. The number of nitrogens with one attached hydrogen (secondary N) is 1. The van der Waals surface area contributed by atoms with E-state index in [9.17, 15) is 18.0 Å². The molecule has 18 heavy (non-hydrogen) atoms. The molecule has 0 saturated carbocycles. The van der Waals surface area contributed by atoms with E-state index < -0.39 is 24.7 Å². The number of carboxylic acid groups (broad SMARTS) is 1. The van der Waals surface area contributed by atoms with Crippen LogP contribution in [0.1, 0.15) is 6.42 Å². The predicted octanol–water partition coefficient (Wildman–Crippen LogP) is 0.645. The van der Waals surface area contributed by atoms with Crippen molar-refractivity contribution in [3.63, 3.8) is 0 Å². The first-order chi connectivity index (χ1) is 8.38. The molecule has 1 rings (SSSR count). The molecule has 0 bridgehead atoms. The van der Waals surface area contributed by atoms with Gasteiger partial charge in [0.25, 0.3) is 0 Å². The minimum Gasteiger partial charge on any atom is -0.481 e. The van der Waals surface area contributed by atoms with Crippen LogP contribution in [0.15, 0.2) is 0 Å². The third kappa shape index (κ3) is 6.18. The van der Waals surface area contributed by atoms with Gasteiger partial charge in [0.1, 0.15) is 6.61 Å². The molecule has 0 aromatic rings. The first-order valence-corrected chi connectivity index (χ1v) is 5.58. The molecule has 0 amide bonds. The zero-order valence-corrected chi connectivity index (χ0v) is 9.70. The van der Waals surface area contributed by atoms with Crippen molar-refractivity contribution >= 4 is 5.97 Å². The summed E-state index contributed by atoms with van der Waals surface area (Å²) in [7, 11) is 0. The highest BCUT2D eigenvalue weighted by Crippen LogP contribution is 2.15. The highest BCUT2D eigenvalue weighted by Gasteiger charge is 2.28. The molecule has 1 aliphatic rings. The number of hydrogen-bond donors (Lipinski definition) is 2. The van der Waals surface area contributed by atoms with Crippen LogP contribution in [0.25, 0.3) is 0 Å². The normalized spacial score (nSPS) is 25.1. The van der Waals surface area contributed by atoms with Gasteiger partial charge < -0.3 is 19.9 Å². The highest BCUT2D eigenvalue weighted by molar-refractivity contribution is 5.70. The van der Waals surface area contributed by atoms with Gasteiger partial charge in [0.15, 0.2) is 0 Å². The van der Waals surface area contributed by atoms with Crippen molar-refractivity contribution in [2.75, 3.05) is 32.9 Å². The molecule has 106 valence electrons. The lowest BCUT2D eigenvalue weighted by Crippen LogP contribution is -2.43. The van der Waals surface area contributed by atoms with Crippen molar-refractivity contribution in [3.8, 4) is 0 Å². The van der Waals surface area contributed by atoms with Crippen LogP contribution in [0.4, 0.5) is 13.2 Å². The number of ether oxygens (including phenoxy) is 2. The van der Waals surface area contributed by atoms with Crippen molar-refractivity contribution in [2.45, 2.75) is 18.7 Å². The standard InChI is InChI=1S/C10H16F3NO4/c11-10(12,13)6-17-1-2-18-8-3-7(9(15)16)4-14-5-8/h7-8,14H,1-6H2,(H,15,16). The van der Waals surface area contributed by atoms with Crippen LogP contribution in [0.3, 0.4) is 0 Å². The average Bonchev–Trinajstić information content (AvgIpc) is 2.27. The summed E-state index contributed by atoms with van der Waals surface area (Å²) in [5, 5.41) is 11.7. The van der Waals surface area contributed by atoms with Gasteiger partial charge in [0.05, 0.1) is 25.2 Å². The smallest absolute Gasteiger partial charge is 0.411 e. The van der Waals surface area contributed by atoms with Crippen molar-refractivity contribution < 1.29 is 32.5 Å². The summed E-state index contributed by atoms with van der Waals surface area (Å²) < 4.78 is 44.8. The van der Waals surface area contributed by atoms with Crippen molar-refractivity contribution in [1.29, 1.82) is 0 Å². The molecule has 0 aromatic carbocycles. The van der Waals surface area contributed by atoms with Gasteiger partial charge in [-0.05, 0) is 6.42 Å². The molecule has 0 spiro atoms. The third-order valence-corrected chi connectivity index (χ3v) is 2.51. The van der Waals surface area contributed by atoms with Gasteiger partial charge in [-0.15, -0.1) is 0 Å². The van der Waals surface area contributed by atoms with Gasteiger partial charge in [-0.25, -0.2) is 0 Å². The minimum atomic E-state index is -4.33. The van der Waals surface area contributed by atoms with Crippen LogP contribution in [-0.2, 0) is 14.3 Å². The second-order valence-corrected chi connectivity index (χ2v) is 4.09. The van der Waals surface area contributed by atoms with Crippen LogP contribution in [-0.4, -0.2) is 56.3 Å². The predicted molar refractivity (Wildman–Crippen MR) is 55.2 cm³/mol. The number of carboxylic acids is 1. The fourth-order valence-electron chi connectivity index (χ4n) is 1.68. The maximum atomic E-state index is 11.7. The molecule has 1 heterocycles. The van der Waals surface area contributed by atoms with Crippen molar-refractivity contribution in [3.05, 3.63) is 0 Å². The zero-order chi connectivity index (χ0) is 13.6. The zero-order valence-electron chi connectivity index (χ0n) is 9.70. The number of hydrogen-bond acceptors (Lipinski definition) is 4. The first-order valence-electron chi connectivity index (χ1n) is 5.58. The summed E-state index contributed by atoms with van der Waals surface area (Å²) in [6.07, 6.45) is -4.27. The van der Waals surface area contributed by atoms with Crippen LogP contribution >= 0.6 is 0 Å². The van der Waals surface area contributed by atoms with Crippen LogP contribution in [0, 0.1) is 5.92 Å². The first kappa shape index (κ1) is 15.2. The number of rotatable bonds is 6. The number of aliphatic carboxylic acids is 1. The van der Waals surface area contributed by atoms with E-state index in [4.69, 9.17) is 9.84 Å². The molecule has 2 N–H and O–H groups in total. The molecule has 2 atom stereocenters. The summed E-state index contributed by atoms with van der Waals surface area (Å²) in [4.78, 5) is 10.7. The Morgan fingerprint density at radius 2 is 2.06 bits per heavy atom. The molecule has 2 unspecified atom stereocenters. The second-order valence-electron chi connectivity index (χ2n) is 4.09. The Labute approximate surface area is 102 Å². The van der Waals surface area contributed by atoms with Crippen molar-refractivity contribution in [2.24, 2.45) is 5.92 Å². The molecule has 0 aromatic heterocycles. The Balaban J connectivity index is 2.10. The average molecular weight is 271 g/mol. The molecule has 0 radical (unpaired) electrons. The van der Waals surface area contributed by atoms with Gasteiger partial charge in [-0.1, -0.05) is 0 Å². The fraction of sp³-hybridized carbons (Fsp3) is 0.900. The van der Waals surface area contributed by atoms with E-state index in [1.54, 1.807) is 0 Å². The van der Waals surface area contributed by atoms with Gasteiger partial charge in [0.2, 0.25) is 0 Å². The summed E-state index contributed by atoms with van der Waals surface area (Å²) in [5.74, 6) is -1.41. The maximum absolute atomic E-state index is 11.7. The SMILES string of the molecule is O=C(O)C1CNCC(OCCOCC(F)(F)F)C1. The van der Waals surface area contributed by atoms with Crippen molar-refractivity contribution in [1.82, 2.24) is 5.32 Å². The van der Waals surface area contributed by atoms with E-state index in [0.717, 1.165) is 0 Å². The number of piperidine rings is 1. The van der Waals surface area contributed by atoms with E-state index in [1.165, 1.54) is 0 Å². The minimum absolute atomic E-state index is 0.0226.